The zero-order valence-corrected chi connectivity index (χ0v) is 15.9. The van der Waals surface area contributed by atoms with Crippen LogP contribution in [0.25, 0.3) is 11.3 Å². The lowest BCUT2D eigenvalue weighted by Gasteiger charge is -2.32. The fourth-order valence-electron chi connectivity index (χ4n) is 3.20. The molecule has 1 aliphatic rings. The van der Waals surface area contributed by atoms with Crippen LogP contribution in [0.1, 0.15) is 23.5 Å². The average Bonchev–Trinajstić information content (AvgIpc) is 3.28. The molecule has 0 bridgehead atoms. The molecule has 1 fully saturated rings. The number of morpholine rings is 1. The summed E-state index contributed by atoms with van der Waals surface area (Å²) in [5, 5.41) is -0.0821. The van der Waals surface area contributed by atoms with Crippen molar-refractivity contribution in [2.45, 2.75) is 24.9 Å². The molecule has 0 aliphatic carbocycles. The first-order chi connectivity index (χ1) is 13.0. The number of hydrogen-bond donors (Lipinski definition) is 0. The van der Waals surface area contributed by atoms with Gasteiger partial charge in [-0.15, -0.1) is 0 Å². The predicted octanol–water partition coefficient (Wildman–Crippen LogP) is 3.31. The number of aryl methyl sites for hydroxylation is 2. The standard InChI is InChI=1S/C19H20N2O5S/c1-13-8-9-17(25-13)16-12-24-11-10-21(16)27(22,23)19-18(26-14(2)20-19)15-6-4-3-5-7-15/h3-9,16H,10-12H2,1-2H3. The van der Waals surface area contributed by atoms with Gasteiger partial charge in [0.2, 0.25) is 5.03 Å². The van der Waals surface area contributed by atoms with Crippen molar-refractivity contribution in [2.24, 2.45) is 0 Å². The summed E-state index contributed by atoms with van der Waals surface area (Å²) in [6.07, 6.45) is 0. The van der Waals surface area contributed by atoms with Crippen LogP contribution in [0.15, 0.2) is 56.3 Å². The van der Waals surface area contributed by atoms with Crippen LogP contribution < -0.4 is 0 Å². The van der Waals surface area contributed by atoms with Crippen LogP contribution in [0.3, 0.4) is 0 Å². The van der Waals surface area contributed by atoms with Crippen molar-refractivity contribution >= 4 is 10.0 Å². The second-order valence-electron chi connectivity index (χ2n) is 6.39. The molecule has 1 unspecified atom stereocenters. The van der Waals surface area contributed by atoms with Gasteiger partial charge in [0, 0.05) is 19.0 Å². The van der Waals surface area contributed by atoms with Crippen LogP contribution >= 0.6 is 0 Å². The summed E-state index contributed by atoms with van der Waals surface area (Å²) in [4.78, 5) is 4.20. The third-order valence-electron chi connectivity index (χ3n) is 4.46. The van der Waals surface area contributed by atoms with Crippen LogP contribution in [-0.4, -0.2) is 37.5 Å². The van der Waals surface area contributed by atoms with Crippen molar-refractivity contribution in [2.75, 3.05) is 19.8 Å². The summed E-state index contributed by atoms with van der Waals surface area (Å²) in [7, 11) is -3.92. The zero-order valence-electron chi connectivity index (χ0n) is 15.1. The van der Waals surface area contributed by atoms with E-state index in [1.807, 2.05) is 31.2 Å². The molecule has 0 saturated carbocycles. The Morgan fingerprint density at radius 3 is 2.56 bits per heavy atom. The van der Waals surface area contributed by atoms with Gasteiger partial charge in [0.25, 0.3) is 10.0 Å². The van der Waals surface area contributed by atoms with Gasteiger partial charge in [0.15, 0.2) is 11.7 Å². The highest BCUT2D eigenvalue weighted by Gasteiger charge is 2.40. The number of aromatic nitrogens is 1. The van der Waals surface area contributed by atoms with Gasteiger partial charge in [-0.2, -0.15) is 4.31 Å². The quantitative estimate of drug-likeness (QED) is 0.682. The molecule has 142 valence electrons. The summed E-state index contributed by atoms with van der Waals surface area (Å²) in [5.41, 5.74) is 0.662. The van der Waals surface area contributed by atoms with E-state index in [1.165, 1.54) is 4.31 Å². The molecule has 1 atom stereocenters. The normalized spacial score (nSPS) is 18.7. The molecular formula is C19H20N2O5S. The maximum absolute atomic E-state index is 13.5. The Hall–Kier alpha value is -2.42. The molecule has 8 heteroatoms. The van der Waals surface area contributed by atoms with E-state index >= 15 is 0 Å². The van der Waals surface area contributed by atoms with Gasteiger partial charge in [-0.1, -0.05) is 30.3 Å². The third-order valence-corrected chi connectivity index (χ3v) is 6.28. The minimum Gasteiger partial charge on any atom is -0.465 e. The molecule has 0 amide bonds. The van der Waals surface area contributed by atoms with Crippen molar-refractivity contribution < 1.29 is 22.0 Å². The molecule has 0 spiro atoms. The van der Waals surface area contributed by atoms with E-state index < -0.39 is 16.1 Å². The van der Waals surface area contributed by atoms with E-state index in [0.29, 0.717) is 23.8 Å². The Kier molecular flexibility index (Phi) is 4.63. The van der Waals surface area contributed by atoms with Gasteiger partial charge in [-0.3, -0.25) is 0 Å². The van der Waals surface area contributed by atoms with Crippen molar-refractivity contribution in [1.82, 2.24) is 9.29 Å². The van der Waals surface area contributed by atoms with Gasteiger partial charge in [-0.25, -0.2) is 13.4 Å². The molecule has 1 aliphatic heterocycles. The molecule has 27 heavy (non-hydrogen) atoms. The number of furan rings is 1. The summed E-state index contributed by atoms with van der Waals surface area (Å²) >= 11 is 0. The largest absolute Gasteiger partial charge is 0.465 e. The molecular weight excluding hydrogens is 368 g/mol. The number of benzene rings is 1. The zero-order chi connectivity index (χ0) is 19.0. The summed E-state index contributed by atoms with van der Waals surface area (Å²) in [6.45, 7) is 4.21. The lowest BCUT2D eigenvalue weighted by molar-refractivity contribution is 0.0240. The van der Waals surface area contributed by atoms with Crippen LogP contribution in [0.5, 0.6) is 0 Å². The second-order valence-corrected chi connectivity index (χ2v) is 8.19. The molecule has 4 rings (SSSR count). The Labute approximate surface area is 157 Å². The van der Waals surface area contributed by atoms with E-state index in [4.69, 9.17) is 13.6 Å². The number of rotatable bonds is 4. The molecule has 0 radical (unpaired) electrons. The van der Waals surface area contributed by atoms with Crippen molar-refractivity contribution in [3.8, 4) is 11.3 Å². The smallest absolute Gasteiger partial charge is 0.265 e. The Balaban J connectivity index is 1.79. The minimum atomic E-state index is -3.92. The predicted molar refractivity (Wildman–Crippen MR) is 97.6 cm³/mol. The highest BCUT2D eigenvalue weighted by molar-refractivity contribution is 7.89. The summed E-state index contributed by atoms with van der Waals surface area (Å²) < 4.78 is 45.2. The molecule has 7 nitrogen and oxygen atoms in total. The van der Waals surface area contributed by atoms with E-state index in [2.05, 4.69) is 4.98 Å². The molecule has 1 aromatic carbocycles. The second kappa shape index (κ2) is 6.95. The van der Waals surface area contributed by atoms with E-state index in [0.717, 1.165) is 5.76 Å². The monoisotopic (exact) mass is 388 g/mol. The first-order valence-corrected chi connectivity index (χ1v) is 10.1. The molecule has 2 aromatic heterocycles. The number of hydrogen-bond acceptors (Lipinski definition) is 6. The average molecular weight is 388 g/mol. The van der Waals surface area contributed by atoms with Crippen molar-refractivity contribution in [3.05, 3.63) is 59.9 Å². The van der Waals surface area contributed by atoms with Crippen LogP contribution in [0.4, 0.5) is 0 Å². The first kappa shape index (κ1) is 18.0. The van der Waals surface area contributed by atoms with E-state index in [9.17, 15) is 8.42 Å². The minimum absolute atomic E-state index is 0.0821. The Morgan fingerprint density at radius 1 is 1.07 bits per heavy atom. The fourth-order valence-corrected chi connectivity index (χ4v) is 4.87. The summed E-state index contributed by atoms with van der Waals surface area (Å²) in [5.74, 6) is 1.81. The van der Waals surface area contributed by atoms with Gasteiger partial charge in [-0.05, 0) is 19.1 Å². The Bertz CT molecular complexity index is 1040. The lowest BCUT2D eigenvalue weighted by Crippen LogP contribution is -2.43. The number of oxazole rings is 1. The van der Waals surface area contributed by atoms with Crippen LogP contribution in [-0.2, 0) is 14.8 Å². The molecule has 3 aromatic rings. The first-order valence-electron chi connectivity index (χ1n) is 8.65. The lowest BCUT2D eigenvalue weighted by atomic mass is 10.2. The van der Waals surface area contributed by atoms with Gasteiger partial charge >= 0.3 is 0 Å². The van der Waals surface area contributed by atoms with Gasteiger partial charge in [0.05, 0.1) is 13.2 Å². The summed E-state index contributed by atoms with van der Waals surface area (Å²) in [6, 6.07) is 12.2. The molecule has 1 saturated heterocycles. The van der Waals surface area contributed by atoms with Crippen molar-refractivity contribution in [3.63, 3.8) is 0 Å². The third kappa shape index (κ3) is 3.31. The van der Waals surface area contributed by atoms with E-state index in [1.54, 1.807) is 25.1 Å². The number of nitrogens with zero attached hydrogens (tertiary/aromatic N) is 2. The SMILES string of the molecule is Cc1ccc(C2COCCN2S(=O)(=O)c2nc(C)oc2-c2ccccc2)o1. The van der Waals surface area contributed by atoms with Crippen molar-refractivity contribution in [1.29, 1.82) is 0 Å². The van der Waals surface area contributed by atoms with Gasteiger partial charge < -0.3 is 13.6 Å². The topological polar surface area (TPSA) is 85.8 Å². The van der Waals surface area contributed by atoms with Gasteiger partial charge in [0.1, 0.15) is 17.6 Å². The van der Waals surface area contributed by atoms with Crippen LogP contribution in [0, 0.1) is 13.8 Å². The number of ether oxygens (including phenoxy) is 1. The maximum atomic E-state index is 13.5. The Morgan fingerprint density at radius 2 is 1.85 bits per heavy atom. The maximum Gasteiger partial charge on any atom is 0.265 e. The highest BCUT2D eigenvalue weighted by atomic mass is 32.2. The van der Waals surface area contributed by atoms with Crippen LogP contribution in [0.2, 0.25) is 0 Å². The molecule has 0 N–H and O–H groups in total. The number of sulfonamides is 1. The van der Waals surface area contributed by atoms with E-state index in [-0.39, 0.29) is 23.9 Å². The molecule has 3 heterocycles. The fraction of sp³-hybridized carbons (Fsp3) is 0.316. The highest BCUT2D eigenvalue weighted by Crippen LogP contribution is 2.35.